The quantitative estimate of drug-likeness (QED) is 0.505. The van der Waals surface area contributed by atoms with E-state index in [-0.39, 0.29) is 12.1 Å². The summed E-state index contributed by atoms with van der Waals surface area (Å²) in [7, 11) is 6.28. The molecule has 0 aromatic carbocycles. The SMILES string of the molecule is CCOC(CNCc1ccc(F)c(N2CC(N(C)CCN(C)C)C2)n1)OCC. The van der Waals surface area contributed by atoms with Crippen molar-refractivity contribution in [2.75, 3.05) is 72.0 Å². The number of nitrogens with zero attached hydrogens (tertiary/aromatic N) is 4. The van der Waals surface area contributed by atoms with Gasteiger partial charge in [0.05, 0.1) is 5.69 Å². The lowest BCUT2D eigenvalue weighted by molar-refractivity contribution is -0.133. The molecule has 1 aliphatic rings. The first kappa shape index (κ1) is 23.0. The Morgan fingerprint density at radius 1 is 1.18 bits per heavy atom. The molecule has 0 atom stereocenters. The highest BCUT2D eigenvalue weighted by molar-refractivity contribution is 5.44. The molecule has 0 bridgehead atoms. The summed E-state index contributed by atoms with van der Waals surface area (Å²) < 4.78 is 25.3. The Morgan fingerprint density at radius 2 is 1.86 bits per heavy atom. The van der Waals surface area contributed by atoms with E-state index in [9.17, 15) is 4.39 Å². The van der Waals surface area contributed by atoms with E-state index < -0.39 is 0 Å². The van der Waals surface area contributed by atoms with Crippen LogP contribution < -0.4 is 10.2 Å². The van der Waals surface area contributed by atoms with Crippen LogP contribution in [0.1, 0.15) is 19.5 Å². The minimum absolute atomic E-state index is 0.264. The largest absolute Gasteiger partial charge is 0.352 e. The van der Waals surface area contributed by atoms with Crippen molar-refractivity contribution in [2.24, 2.45) is 0 Å². The van der Waals surface area contributed by atoms with Crippen molar-refractivity contribution < 1.29 is 13.9 Å². The summed E-state index contributed by atoms with van der Waals surface area (Å²) in [5.41, 5.74) is 0.813. The molecule has 1 aromatic rings. The van der Waals surface area contributed by atoms with Gasteiger partial charge in [0, 0.05) is 58.5 Å². The number of likely N-dealkylation sites (N-methyl/N-ethyl adjacent to an activating group) is 2. The van der Waals surface area contributed by atoms with Gasteiger partial charge in [-0.05, 0) is 47.1 Å². The van der Waals surface area contributed by atoms with E-state index in [0.717, 1.165) is 31.9 Å². The molecule has 1 saturated heterocycles. The zero-order valence-corrected chi connectivity index (χ0v) is 17.9. The maximum absolute atomic E-state index is 14.3. The number of halogens is 1. The van der Waals surface area contributed by atoms with E-state index in [1.165, 1.54) is 6.07 Å². The monoisotopic (exact) mass is 397 g/mol. The molecule has 2 rings (SSSR count). The second-order valence-electron chi connectivity index (χ2n) is 7.42. The van der Waals surface area contributed by atoms with Crippen molar-refractivity contribution in [3.63, 3.8) is 0 Å². The lowest BCUT2D eigenvalue weighted by Crippen LogP contribution is -2.59. The van der Waals surface area contributed by atoms with Gasteiger partial charge in [-0.1, -0.05) is 0 Å². The van der Waals surface area contributed by atoms with Gasteiger partial charge < -0.3 is 24.6 Å². The van der Waals surface area contributed by atoms with Gasteiger partial charge in [-0.25, -0.2) is 9.37 Å². The normalized spacial score (nSPS) is 15.1. The summed E-state index contributed by atoms with van der Waals surface area (Å²) in [4.78, 5) is 11.1. The second kappa shape index (κ2) is 11.6. The predicted octanol–water partition coefficient (Wildman–Crippen LogP) is 1.39. The molecule has 7 nitrogen and oxygen atoms in total. The van der Waals surface area contributed by atoms with Crippen LogP contribution in [0.15, 0.2) is 12.1 Å². The fourth-order valence-electron chi connectivity index (χ4n) is 3.09. The number of anilines is 1. The van der Waals surface area contributed by atoms with Crippen molar-refractivity contribution in [1.82, 2.24) is 20.1 Å². The van der Waals surface area contributed by atoms with Gasteiger partial charge in [-0.3, -0.25) is 4.90 Å². The number of nitrogens with one attached hydrogen (secondary N) is 1. The Labute approximate surface area is 168 Å². The highest BCUT2D eigenvalue weighted by atomic mass is 19.1. The first-order chi connectivity index (χ1) is 13.4. The van der Waals surface area contributed by atoms with Crippen LogP contribution >= 0.6 is 0 Å². The molecule has 1 fully saturated rings. The van der Waals surface area contributed by atoms with E-state index >= 15 is 0 Å². The average Bonchev–Trinajstić information content (AvgIpc) is 2.61. The molecule has 8 heteroatoms. The fraction of sp³-hybridized carbons (Fsp3) is 0.750. The van der Waals surface area contributed by atoms with Crippen LogP contribution in [0.2, 0.25) is 0 Å². The molecular weight excluding hydrogens is 361 g/mol. The minimum atomic E-state index is -0.274. The van der Waals surface area contributed by atoms with Crippen molar-refractivity contribution >= 4 is 5.82 Å². The van der Waals surface area contributed by atoms with Crippen LogP contribution in [-0.4, -0.2) is 94.2 Å². The van der Waals surface area contributed by atoms with E-state index in [4.69, 9.17) is 9.47 Å². The van der Waals surface area contributed by atoms with E-state index in [2.05, 4.69) is 41.2 Å². The molecule has 160 valence electrons. The predicted molar refractivity (Wildman–Crippen MR) is 110 cm³/mol. The molecule has 28 heavy (non-hydrogen) atoms. The summed E-state index contributed by atoms with van der Waals surface area (Å²) in [6, 6.07) is 3.68. The Morgan fingerprint density at radius 3 is 2.46 bits per heavy atom. The van der Waals surface area contributed by atoms with Gasteiger partial charge >= 0.3 is 0 Å². The van der Waals surface area contributed by atoms with Crippen LogP contribution in [0, 0.1) is 5.82 Å². The summed E-state index contributed by atoms with van der Waals surface area (Å²) in [6.45, 7) is 9.84. The van der Waals surface area contributed by atoms with Crippen molar-refractivity contribution in [3.05, 3.63) is 23.6 Å². The van der Waals surface area contributed by atoms with Crippen LogP contribution in [0.25, 0.3) is 0 Å². The van der Waals surface area contributed by atoms with E-state index in [1.54, 1.807) is 6.07 Å². The van der Waals surface area contributed by atoms with E-state index in [1.807, 2.05) is 18.7 Å². The highest BCUT2D eigenvalue weighted by Gasteiger charge is 2.32. The third-order valence-electron chi connectivity index (χ3n) is 4.89. The van der Waals surface area contributed by atoms with Crippen molar-refractivity contribution in [1.29, 1.82) is 0 Å². The second-order valence-corrected chi connectivity index (χ2v) is 7.42. The molecular formula is C20H36FN5O2. The number of hydrogen-bond acceptors (Lipinski definition) is 7. The Hall–Kier alpha value is -1.32. The zero-order valence-electron chi connectivity index (χ0n) is 17.9. The Kier molecular flexibility index (Phi) is 9.53. The molecule has 0 aliphatic carbocycles. The lowest BCUT2D eigenvalue weighted by Gasteiger charge is -2.45. The fourth-order valence-corrected chi connectivity index (χ4v) is 3.09. The summed E-state index contributed by atoms with van der Waals surface area (Å²) in [5, 5.41) is 3.28. The molecule has 0 saturated carbocycles. The first-order valence-corrected chi connectivity index (χ1v) is 10.1. The lowest BCUT2D eigenvalue weighted by atomic mass is 10.1. The van der Waals surface area contributed by atoms with Gasteiger partial charge in [0.2, 0.25) is 0 Å². The standard InChI is InChI=1S/C20H36FN5O2/c1-6-27-19(28-7-2)13-22-12-16-8-9-18(21)20(23-16)26-14-17(15-26)25(5)11-10-24(3)4/h8-9,17,19,22H,6-7,10-15H2,1-5H3. The molecule has 0 spiro atoms. The topological polar surface area (TPSA) is 53.1 Å². The van der Waals surface area contributed by atoms with Gasteiger partial charge in [-0.15, -0.1) is 0 Å². The van der Waals surface area contributed by atoms with Gasteiger partial charge in [-0.2, -0.15) is 0 Å². The molecule has 0 amide bonds. The number of ether oxygens (including phenoxy) is 2. The Bertz CT molecular complexity index is 578. The molecule has 2 heterocycles. The van der Waals surface area contributed by atoms with Crippen molar-refractivity contribution in [2.45, 2.75) is 32.7 Å². The zero-order chi connectivity index (χ0) is 20.5. The van der Waals surface area contributed by atoms with Crippen LogP contribution in [0.3, 0.4) is 0 Å². The van der Waals surface area contributed by atoms with Gasteiger partial charge in [0.25, 0.3) is 0 Å². The van der Waals surface area contributed by atoms with Crippen LogP contribution in [-0.2, 0) is 16.0 Å². The highest BCUT2D eigenvalue weighted by Crippen LogP contribution is 2.24. The third kappa shape index (κ3) is 6.93. The molecule has 1 N–H and O–H groups in total. The maximum atomic E-state index is 14.3. The van der Waals surface area contributed by atoms with Gasteiger partial charge in [0.15, 0.2) is 17.9 Å². The minimum Gasteiger partial charge on any atom is -0.352 e. The number of rotatable bonds is 13. The van der Waals surface area contributed by atoms with Crippen LogP contribution in [0.5, 0.6) is 0 Å². The first-order valence-electron chi connectivity index (χ1n) is 10.1. The Balaban J connectivity index is 1.83. The van der Waals surface area contributed by atoms with Gasteiger partial charge in [0.1, 0.15) is 0 Å². The smallest absolute Gasteiger partial charge is 0.169 e. The van der Waals surface area contributed by atoms with Crippen LogP contribution in [0.4, 0.5) is 10.2 Å². The maximum Gasteiger partial charge on any atom is 0.169 e. The number of pyridine rings is 1. The summed E-state index contributed by atoms with van der Waals surface area (Å²) in [5.74, 6) is 0.183. The van der Waals surface area contributed by atoms with E-state index in [0.29, 0.717) is 38.2 Å². The summed E-state index contributed by atoms with van der Waals surface area (Å²) in [6.07, 6.45) is -0.274. The molecule has 1 aliphatic heterocycles. The number of hydrogen-bond donors (Lipinski definition) is 1. The average molecular weight is 398 g/mol. The summed E-state index contributed by atoms with van der Waals surface area (Å²) >= 11 is 0. The molecule has 1 aromatic heterocycles. The molecule has 0 radical (unpaired) electrons. The molecule has 0 unspecified atom stereocenters. The number of aromatic nitrogens is 1. The third-order valence-corrected chi connectivity index (χ3v) is 4.89. The van der Waals surface area contributed by atoms with Crippen molar-refractivity contribution in [3.8, 4) is 0 Å².